The predicted octanol–water partition coefficient (Wildman–Crippen LogP) is 2.46. The third kappa shape index (κ3) is 3.72. The smallest absolute Gasteiger partial charge is 0.218 e. The van der Waals surface area contributed by atoms with Crippen LogP contribution in [0.4, 0.5) is 0 Å². The lowest BCUT2D eigenvalue weighted by Gasteiger charge is -2.12. The molecular formula is C16H19N3O4S. The lowest BCUT2D eigenvalue weighted by atomic mass is 10.1. The van der Waals surface area contributed by atoms with Gasteiger partial charge >= 0.3 is 0 Å². The van der Waals surface area contributed by atoms with Crippen molar-refractivity contribution >= 4 is 24.4 Å². The van der Waals surface area contributed by atoms with Crippen LogP contribution in [0.1, 0.15) is 17.0 Å². The Labute approximate surface area is 145 Å². The summed E-state index contributed by atoms with van der Waals surface area (Å²) in [6.45, 7) is 1.49. The summed E-state index contributed by atoms with van der Waals surface area (Å²) in [6.07, 6.45) is 3.64. The first kappa shape index (κ1) is 17.9. The van der Waals surface area contributed by atoms with Gasteiger partial charge in [0, 0.05) is 0 Å². The zero-order chi connectivity index (χ0) is 17.7. The number of methoxy groups -OCH3 is 3. The molecular weight excluding hydrogens is 330 g/mol. The highest BCUT2D eigenvalue weighted by molar-refractivity contribution is 7.71. The van der Waals surface area contributed by atoms with Gasteiger partial charge in [0.1, 0.15) is 6.73 Å². The molecule has 8 heteroatoms. The lowest BCUT2D eigenvalue weighted by Crippen LogP contribution is -2.09. The van der Waals surface area contributed by atoms with Crippen LogP contribution in [0.3, 0.4) is 0 Å². The number of rotatable bonds is 6. The zero-order valence-corrected chi connectivity index (χ0v) is 14.8. The van der Waals surface area contributed by atoms with Crippen LogP contribution >= 0.6 is 12.2 Å². The van der Waals surface area contributed by atoms with Gasteiger partial charge in [-0.15, -0.1) is 0 Å². The summed E-state index contributed by atoms with van der Waals surface area (Å²) >= 11 is 5.08. The number of aliphatic hydroxyl groups excluding tert-OH is 1. The molecule has 0 radical (unpaired) electrons. The molecule has 0 aliphatic rings. The number of hydrogen-bond acceptors (Lipinski definition) is 7. The molecule has 1 heterocycles. The Morgan fingerprint density at radius 2 is 1.75 bits per heavy atom. The number of nitrogens with zero attached hydrogens (tertiary/aromatic N) is 3. The lowest BCUT2D eigenvalue weighted by molar-refractivity contribution is 0.188. The van der Waals surface area contributed by atoms with E-state index in [1.165, 1.54) is 4.68 Å². The van der Waals surface area contributed by atoms with Gasteiger partial charge in [0.25, 0.3) is 0 Å². The Hall–Kier alpha value is -2.45. The van der Waals surface area contributed by atoms with E-state index >= 15 is 0 Å². The van der Waals surface area contributed by atoms with Crippen LogP contribution in [-0.2, 0) is 6.73 Å². The number of benzene rings is 1. The average Bonchev–Trinajstić information content (AvgIpc) is 2.60. The monoisotopic (exact) mass is 349 g/mol. The van der Waals surface area contributed by atoms with Crippen LogP contribution in [-0.4, -0.2) is 41.2 Å². The van der Waals surface area contributed by atoms with Crippen LogP contribution < -0.4 is 14.2 Å². The van der Waals surface area contributed by atoms with Crippen molar-refractivity contribution in [1.29, 1.82) is 0 Å². The van der Waals surface area contributed by atoms with Gasteiger partial charge < -0.3 is 19.3 Å². The third-order valence-electron chi connectivity index (χ3n) is 3.33. The zero-order valence-electron chi connectivity index (χ0n) is 13.9. The van der Waals surface area contributed by atoms with Crippen molar-refractivity contribution in [2.24, 2.45) is 0 Å². The van der Waals surface area contributed by atoms with Crippen molar-refractivity contribution in [2.45, 2.75) is 13.7 Å². The first-order chi connectivity index (χ1) is 11.5. The Morgan fingerprint density at radius 1 is 1.12 bits per heavy atom. The molecule has 128 valence electrons. The van der Waals surface area contributed by atoms with E-state index in [2.05, 4.69) is 10.1 Å². The number of aliphatic hydroxyl groups is 1. The summed E-state index contributed by atoms with van der Waals surface area (Å²) in [7, 11) is 4.68. The normalized spacial score (nSPS) is 10.9. The Kier molecular flexibility index (Phi) is 5.88. The summed E-state index contributed by atoms with van der Waals surface area (Å²) in [5.41, 5.74) is 2.12. The van der Waals surface area contributed by atoms with Crippen molar-refractivity contribution in [1.82, 2.24) is 14.8 Å². The van der Waals surface area contributed by atoms with Crippen molar-refractivity contribution in [3.05, 3.63) is 33.9 Å². The summed E-state index contributed by atoms with van der Waals surface area (Å²) in [5.74, 6) is 1.66. The van der Waals surface area contributed by atoms with Gasteiger partial charge in [-0.25, -0.2) is 9.67 Å². The first-order valence-corrected chi connectivity index (χ1v) is 7.49. The molecule has 1 aromatic carbocycles. The SMILES string of the molecule is COc1cc(/C=C/c2nc(=S)n(CO)nc2C)cc(OC)c1OC. The maximum Gasteiger partial charge on any atom is 0.218 e. The minimum atomic E-state index is -0.302. The molecule has 0 bridgehead atoms. The van der Waals surface area contributed by atoms with Crippen LogP contribution in [0.5, 0.6) is 17.2 Å². The number of ether oxygens (including phenoxy) is 3. The fourth-order valence-electron chi connectivity index (χ4n) is 2.14. The van der Waals surface area contributed by atoms with Crippen molar-refractivity contribution in [2.75, 3.05) is 21.3 Å². The van der Waals surface area contributed by atoms with Crippen LogP contribution in [0.25, 0.3) is 12.2 Å². The van der Waals surface area contributed by atoms with Gasteiger partial charge in [-0.3, -0.25) is 0 Å². The predicted molar refractivity (Wildman–Crippen MR) is 92.8 cm³/mol. The Bertz CT molecular complexity index is 792. The molecule has 0 unspecified atom stereocenters. The molecule has 0 aliphatic carbocycles. The molecule has 0 spiro atoms. The first-order valence-electron chi connectivity index (χ1n) is 7.08. The van der Waals surface area contributed by atoms with E-state index in [1.54, 1.807) is 34.3 Å². The highest BCUT2D eigenvalue weighted by atomic mass is 32.1. The summed E-state index contributed by atoms with van der Waals surface area (Å²) in [5, 5.41) is 13.3. The second kappa shape index (κ2) is 7.89. The largest absolute Gasteiger partial charge is 0.493 e. The van der Waals surface area contributed by atoms with E-state index in [0.29, 0.717) is 28.6 Å². The standard InChI is InChI=1S/C16H19N3O4S/c1-10-12(17-16(24)19(9-20)18-10)6-5-11-7-13(21-2)15(23-4)14(8-11)22-3/h5-8,20H,9H2,1-4H3/b6-5+. The molecule has 1 aromatic heterocycles. The number of aromatic nitrogens is 3. The minimum Gasteiger partial charge on any atom is -0.493 e. The quantitative estimate of drug-likeness (QED) is 0.803. The number of aryl methyl sites for hydroxylation is 1. The van der Waals surface area contributed by atoms with Crippen LogP contribution in [0.15, 0.2) is 12.1 Å². The van der Waals surface area contributed by atoms with Crippen molar-refractivity contribution in [3.63, 3.8) is 0 Å². The van der Waals surface area contributed by atoms with E-state index in [-0.39, 0.29) is 11.5 Å². The fraction of sp³-hybridized carbons (Fsp3) is 0.312. The molecule has 0 aliphatic heterocycles. The second-order valence-corrected chi connectivity index (χ2v) is 5.16. The number of hydrogen-bond donors (Lipinski definition) is 1. The summed E-state index contributed by atoms with van der Waals surface area (Å²) in [6, 6.07) is 3.65. The molecule has 2 aromatic rings. The highest BCUT2D eigenvalue weighted by Crippen LogP contribution is 2.38. The molecule has 24 heavy (non-hydrogen) atoms. The third-order valence-corrected chi connectivity index (χ3v) is 3.64. The minimum absolute atomic E-state index is 0.215. The second-order valence-electron chi connectivity index (χ2n) is 4.80. The molecule has 1 N–H and O–H groups in total. The van der Waals surface area contributed by atoms with Crippen LogP contribution in [0, 0.1) is 11.7 Å². The molecule has 0 saturated carbocycles. The molecule has 0 fully saturated rings. The topological polar surface area (TPSA) is 78.6 Å². The molecule has 2 rings (SSSR count). The van der Waals surface area contributed by atoms with E-state index in [0.717, 1.165) is 5.56 Å². The maximum atomic E-state index is 9.14. The Morgan fingerprint density at radius 3 is 2.25 bits per heavy atom. The van der Waals surface area contributed by atoms with Gasteiger partial charge in [-0.05, 0) is 42.9 Å². The molecule has 7 nitrogen and oxygen atoms in total. The average molecular weight is 349 g/mol. The van der Waals surface area contributed by atoms with E-state index in [9.17, 15) is 0 Å². The maximum absolute atomic E-state index is 9.14. The van der Waals surface area contributed by atoms with Crippen molar-refractivity contribution in [3.8, 4) is 17.2 Å². The molecule has 0 saturated heterocycles. The summed E-state index contributed by atoms with van der Waals surface area (Å²) < 4.78 is 17.4. The van der Waals surface area contributed by atoms with Gasteiger partial charge in [-0.1, -0.05) is 6.08 Å². The van der Waals surface area contributed by atoms with Gasteiger partial charge in [0.05, 0.1) is 32.7 Å². The van der Waals surface area contributed by atoms with Crippen molar-refractivity contribution < 1.29 is 19.3 Å². The molecule has 0 amide bonds. The van der Waals surface area contributed by atoms with Gasteiger partial charge in [-0.2, -0.15) is 5.10 Å². The highest BCUT2D eigenvalue weighted by Gasteiger charge is 2.12. The van der Waals surface area contributed by atoms with E-state index < -0.39 is 0 Å². The molecule has 0 atom stereocenters. The fourth-order valence-corrected chi connectivity index (χ4v) is 2.34. The van der Waals surface area contributed by atoms with Gasteiger partial charge in [0.2, 0.25) is 10.5 Å². The van der Waals surface area contributed by atoms with E-state index in [4.69, 9.17) is 31.5 Å². The van der Waals surface area contributed by atoms with Gasteiger partial charge in [0.15, 0.2) is 11.5 Å². The van der Waals surface area contributed by atoms with E-state index in [1.807, 2.05) is 18.2 Å². The Balaban J connectivity index is 2.42. The summed E-state index contributed by atoms with van der Waals surface area (Å²) in [4.78, 5) is 4.26. The van der Waals surface area contributed by atoms with Crippen LogP contribution in [0.2, 0.25) is 0 Å².